The average Bonchev–Trinajstić information content (AvgIpc) is 2.65. The van der Waals surface area contributed by atoms with Crippen molar-refractivity contribution in [3.63, 3.8) is 0 Å². The molecule has 0 amide bonds. The molecule has 1 unspecified atom stereocenters. The largest absolute Gasteiger partial charge is 0.449 e. The van der Waals surface area contributed by atoms with E-state index in [4.69, 9.17) is 9.68 Å². The minimum Gasteiger partial charge on any atom is -0.449 e. The highest BCUT2D eigenvalue weighted by molar-refractivity contribution is 5.19. The first-order chi connectivity index (χ1) is 7.28. The highest BCUT2D eigenvalue weighted by Crippen LogP contribution is 2.15. The minimum atomic E-state index is -0.218. The number of nitrogens with zero attached hydrogens (tertiary/aromatic N) is 2. The van der Waals surface area contributed by atoms with Crippen LogP contribution >= 0.6 is 0 Å². The van der Waals surface area contributed by atoms with E-state index in [0.717, 1.165) is 25.1 Å². The molecule has 0 aliphatic carbocycles. The summed E-state index contributed by atoms with van der Waals surface area (Å²) in [5.74, 6) is 1.14. The summed E-state index contributed by atoms with van der Waals surface area (Å²) in [6.45, 7) is 2.36. The zero-order valence-electron chi connectivity index (χ0n) is 8.52. The van der Waals surface area contributed by atoms with Crippen molar-refractivity contribution in [2.75, 3.05) is 13.1 Å². The number of rotatable bonds is 2. The topological polar surface area (TPSA) is 60.4 Å². The van der Waals surface area contributed by atoms with Gasteiger partial charge in [-0.3, -0.25) is 4.90 Å². The second-order valence-electron chi connectivity index (χ2n) is 3.91. The molecule has 0 aromatic carbocycles. The summed E-state index contributed by atoms with van der Waals surface area (Å²) in [4.78, 5) is 2.15. The van der Waals surface area contributed by atoms with Crippen molar-refractivity contribution in [2.24, 2.45) is 0 Å². The molecule has 1 aromatic heterocycles. The van der Waals surface area contributed by atoms with Gasteiger partial charge in [-0.15, -0.1) is 0 Å². The second kappa shape index (κ2) is 4.47. The van der Waals surface area contributed by atoms with Crippen molar-refractivity contribution in [3.8, 4) is 6.07 Å². The molecule has 4 heteroatoms. The molecule has 0 radical (unpaired) electrons. The van der Waals surface area contributed by atoms with Crippen LogP contribution in [-0.4, -0.2) is 29.2 Å². The minimum absolute atomic E-state index is 0.218. The van der Waals surface area contributed by atoms with E-state index in [1.165, 1.54) is 0 Å². The number of furan rings is 1. The Morgan fingerprint density at radius 1 is 1.60 bits per heavy atom. The van der Waals surface area contributed by atoms with Gasteiger partial charge in [0.1, 0.15) is 11.8 Å². The fourth-order valence-corrected chi connectivity index (χ4v) is 1.92. The smallest absolute Gasteiger partial charge is 0.203 e. The molecule has 1 atom stereocenters. The molecule has 0 bridgehead atoms. The van der Waals surface area contributed by atoms with Gasteiger partial charge in [0.25, 0.3) is 0 Å². The molecule has 0 saturated carbocycles. The van der Waals surface area contributed by atoms with E-state index in [1.54, 1.807) is 6.07 Å². The first kappa shape index (κ1) is 10.2. The number of hydrogen-bond acceptors (Lipinski definition) is 4. The first-order valence-electron chi connectivity index (χ1n) is 5.17. The summed E-state index contributed by atoms with van der Waals surface area (Å²) < 4.78 is 5.29. The lowest BCUT2D eigenvalue weighted by Crippen LogP contribution is -2.37. The molecular weight excluding hydrogens is 192 g/mol. The molecule has 1 aliphatic rings. The standard InChI is InChI=1S/C11H14N2O2/c12-6-10-3-4-11(15-10)8-13-5-1-2-9(14)7-13/h3-4,9,14H,1-2,5,7-8H2. The zero-order chi connectivity index (χ0) is 10.7. The van der Waals surface area contributed by atoms with Gasteiger partial charge in [0.2, 0.25) is 5.76 Å². The van der Waals surface area contributed by atoms with Crippen molar-refractivity contribution in [1.29, 1.82) is 5.26 Å². The SMILES string of the molecule is N#Cc1ccc(CN2CCCC(O)C2)o1. The monoisotopic (exact) mass is 206 g/mol. The van der Waals surface area contributed by atoms with E-state index in [2.05, 4.69) is 4.90 Å². The Kier molecular flexibility index (Phi) is 3.05. The highest BCUT2D eigenvalue weighted by atomic mass is 16.3. The molecule has 1 N–H and O–H groups in total. The fourth-order valence-electron chi connectivity index (χ4n) is 1.92. The van der Waals surface area contributed by atoms with Crippen molar-refractivity contribution in [2.45, 2.75) is 25.5 Å². The Balaban J connectivity index is 1.93. The molecular formula is C11H14N2O2. The summed E-state index contributed by atoms with van der Waals surface area (Å²) in [5.41, 5.74) is 0. The third kappa shape index (κ3) is 2.58. The van der Waals surface area contributed by atoms with Crippen LogP contribution in [0.4, 0.5) is 0 Å². The molecule has 2 heterocycles. The van der Waals surface area contributed by atoms with Crippen LogP contribution in [0.1, 0.15) is 24.4 Å². The Morgan fingerprint density at radius 3 is 3.13 bits per heavy atom. The van der Waals surface area contributed by atoms with Gasteiger partial charge >= 0.3 is 0 Å². The predicted octanol–water partition coefficient (Wildman–Crippen LogP) is 1.11. The van der Waals surface area contributed by atoms with Crippen LogP contribution < -0.4 is 0 Å². The Morgan fingerprint density at radius 2 is 2.47 bits per heavy atom. The van der Waals surface area contributed by atoms with Gasteiger partial charge in [-0.2, -0.15) is 5.26 Å². The normalized spacial score (nSPS) is 22.5. The highest BCUT2D eigenvalue weighted by Gasteiger charge is 2.18. The van der Waals surface area contributed by atoms with Gasteiger partial charge in [0, 0.05) is 6.54 Å². The van der Waals surface area contributed by atoms with Gasteiger partial charge in [0.05, 0.1) is 12.6 Å². The number of likely N-dealkylation sites (tertiary alicyclic amines) is 1. The zero-order valence-corrected chi connectivity index (χ0v) is 8.52. The van der Waals surface area contributed by atoms with Crippen molar-refractivity contribution in [3.05, 3.63) is 23.7 Å². The molecule has 4 nitrogen and oxygen atoms in total. The lowest BCUT2D eigenvalue weighted by molar-refractivity contribution is 0.0633. The van der Waals surface area contributed by atoms with Crippen LogP contribution in [-0.2, 0) is 6.54 Å². The van der Waals surface area contributed by atoms with Gasteiger partial charge < -0.3 is 9.52 Å². The molecule has 1 fully saturated rings. The number of nitriles is 1. The lowest BCUT2D eigenvalue weighted by atomic mass is 10.1. The van der Waals surface area contributed by atoms with E-state index in [-0.39, 0.29) is 6.10 Å². The molecule has 1 saturated heterocycles. The fraction of sp³-hybridized carbons (Fsp3) is 0.545. The number of β-amino-alcohol motifs (C(OH)–C–C–N with tert-alkyl or cyclic N) is 1. The van der Waals surface area contributed by atoms with Crippen molar-refractivity contribution in [1.82, 2.24) is 4.90 Å². The summed E-state index contributed by atoms with van der Waals surface area (Å²) in [6, 6.07) is 5.45. The summed E-state index contributed by atoms with van der Waals surface area (Å²) >= 11 is 0. The van der Waals surface area contributed by atoms with Gasteiger partial charge in [-0.1, -0.05) is 0 Å². The van der Waals surface area contributed by atoms with Gasteiger partial charge in [-0.05, 0) is 31.5 Å². The van der Waals surface area contributed by atoms with Crippen molar-refractivity contribution >= 4 is 0 Å². The summed E-state index contributed by atoms with van der Waals surface area (Å²) in [7, 11) is 0. The molecule has 0 spiro atoms. The number of hydrogen-bond donors (Lipinski definition) is 1. The van der Waals surface area contributed by atoms with Crippen LogP contribution in [0.2, 0.25) is 0 Å². The van der Waals surface area contributed by atoms with Crippen molar-refractivity contribution < 1.29 is 9.52 Å². The Bertz CT molecular complexity index is 367. The van der Waals surface area contributed by atoms with Crippen LogP contribution in [0, 0.1) is 11.3 Å². The van der Waals surface area contributed by atoms with E-state index >= 15 is 0 Å². The first-order valence-corrected chi connectivity index (χ1v) is 5.17. The van der Waals surface area contributed by atoms with E-state index in [0.29, 0.717) is 18.8 Å². The molecule has 1 aromatic rings. The summed E-state index contributed by atoms with van der Waals surface area (Å²) in [6.07, 6.45) is 1.69. The van der Waals surface area contributed by atoms with E-state index in [9.17, 15) is 5.11 Å². The third-order valence-corrected chi connectivity index (χ3v) is 2.63. The van der Waals surface area contributed by atoms with Crippen LogP contribution in [0.3, 0.4) is 0 Å². The third-order valence-electron chi connectivity index (χ3n) is 2.63. The van der Waals surface area contributed by atoms with Gasteiger partial charge in [-0.25, -0.2) is 0 Å². The van der Waals surface area contributed by atoms with Crippen LogP contribution in [0.25, 0.3) is 0 Å². The van der Waals surface area contributed by atoms with E-state index in [1.807, 2.05) is 12.1 Å². The maximum atomic E-state index is 9.48. The predicted molar refractivity (Wildman–Crippen MR) is 53.9 cm³/mol. The number of aliphatic hydroxyl groups excluding tert-OH is 1. The van der Waals surface area contributed by atoms with Gasteiger partial charge in [0.15, 0.2) is 0 Å². The van der Waals surface area contributed by atoms with E-state index < -0.39 is 0 Å². The maximum Gasteiger partial charge on any atom is 0.203 e. The molecule has 2 rings (SSSR count). The Labute approximate surface area is 88.7 Å². The average molecular weight is 206 g/mol. The lowest BCUT2D eigenvalue weighted by Gasteiger charge is -2.28. The van der Waals surface area contributed by atoms with Crippen LogP contribution in [0.5, 0.6) is 0 Å². The Hall–Kier alpha value is -1.31. The quantitative estimate of drug-likeness (QED) is 0.787. The second-order valence-corrected chi connectivity index (χ2v) is 3.91. The molecule has 15 heavy (non-hydrogen) atoms. The maximum absolute atomic E-state index is 9.48. The summed E-state index contributed by atoms with van der Waals surface area (Å²) in [5, 5.41) is 18.1. The molecule has 1 aliphatic heterocycles. The van der Waals surface area contributed by atoms with Crippen LogP contribution in [0.15, 0.2) is 16.5 Å². The number of piperidine rings is 1. The number of aliphatic hydroxyl groups is 1. The molecule has 80 valence electrons.